The lowest BCUT2D eigenvalue weighted by molar-refractivity contribution is -0.132. The third-order valence-electron chi connectivity index (χ3n) is 11.1. The van der Waals surface area contributed by atoms with E-state index in [1.165, 1.54) is 63.9 Å². The summed E-state index contributed by atoms with van der Waals surface area (Å²) in [6.07, 6.45) is 1.09. The van der Waals surface area contributed by atoms with Gasteiger partial charge in [0.25, 0.3) is 0 Å². The van der Waals surface area contributed by atoms with Gasteiger partial charge in [-0.3, -0.25) is 38.1 Å². The third kappa shape index (κ3) is 15.3. The fraction of sp³-hybridized carbons (Fsp3) is 0.500. The van der Waals surface area contributed by atoms with E-state index in [4.69, 9.17) is 18.9 Å². The first-order valence-electron chi connectivity index (χ1n) is 23.6. The third-order valence-corrected chi connectivity index (χ3v) is 11.1. The molecule has 1 aliphatic rings. The zero-order valence-electron chi connectivity index (χ0n) is 43.5. The number of hydrogen-bond donors (Lipinski definition) is 8. The molecule has 3 heterocycles. The fourth-order valence-electron chi connectivity index (χ4n) is 7.42. The Morgan fingerprint density at radius 2 is 0.946 bits per heavy atom. The Labute approximate surface area is 427 Å². The van der Waals surface area contributed by atoms with E-state index >= 15 is 0 Å². The molecule has 0 aliphatic carbocycles. The van der Waals surface area contributed by atoms with Crippen LogP contribution in [0.15, 0.2) is 48.8 Å². The summed E-state index contributed by atoms with van der Waals surface area (Å²) < 4.78 is 25.0. The number of fused-ring (bicyclic) bond motifs is 10. The number of ether oxygens (including phenoxy) is 4. The summed E-state index contributed by atoms with van der Waals surface area (Å²) in [5.74, 6) is -3.61. The van der Waals surface area contributed by atoms with Crippen LogP contribution in [0.5, 0.6) is 11.5 Å². The van der Waals surface area contributed by atoms with Crippen molar-refractivity contribution in [2.24, 2.45) is 0 Å². The molecule has 2 aromatic carbocycles. The van der Waals surface area contributed by atoms with Crippen LogP contribution < -0.4 is 52.0 Å². The SMILES string of the molecule is CNC(=O)[C@H]1NC(=O)[C@@H](C)NC(=O)[C@@H](NC(=O)OC(C)(C)C)CCn2cc(nn2)-c2cc(ccc2OC)[C@@H](C(=O)NC)NC(=O)[C@@H](C)NC(=O)[C@@H](NC(=O)OC(C)(C)C)CCn2cc(nn2)-c2cc1ccc2OC. The van der Waals surface area contributed by atoms with Gasteiger partial charge in [-0.15, -0.1) is 10.2 Å². The van der Waals surface area contributed by atoms with Crippen molar-refractivity contribution >= 4 is 47.6 Å². The van der Waals surface area contributed by atoms with Crippen LogP contribution in [0.2, 0.25) is 0 Å². The number of likely N-dealkylation sites (N-methyl/N-ethyl adjacent to an activating group) is 2. The van der Waals surface area contributed by atoms with Crippen molar-refractivity contribution in [2.45, 2.75) is 129 Å². The number of nitrogens with zero attached hydrogens (tertiary/aromatic N) is 6. The molecule has 0 saturated carbocycles. The number of nitrogens with one attached hydrogen (secondary N) is 8. The van der Waals surface area contributed by atoms with Gasteiger partial charge in [0.15, 0.2) is 0 Å². The Morgan fingerprint density at radius 3 is 1.27 bits per heavy atom. The summed E-state index contributed by atoms with van der Waals surface area (Å²) in [5, 5.41) is 38.0. The second-order valence-corrected chi connectivity index (χ2v) is 19.2. The van der Waals surface area contributed by atoms with Gasteiger partial charge in [-0.2, -0.15) is 0 Å². The Hall–Kier alpha value is -8.32. The first-order valence-corrected chi connectivity index (χ1v) is 23.6. The monoisotopic (exact) mass is 1030 g/mol. The van der Waals surface area contributed by atoms with Crippen LogP contribution in [0, 0.1) is 0 Å². The molecule has 6 atom stereocenters. The van der Waals surface area contributed by atoms with Crippen LogP contribution >= 0.6 is 0 Å². The van der Waals surface area contributed by atoms with Gasteiger partial charge in [-0.1, -0.05) is 22.6 Å². The number of hydrogen-bond acceptors (Lipinski definition) is 16. The summed E-state index contributed by atoms with van der Waals surface area (Å²) in [6, 6.07) is 1.72. The van der Waals surface area contributed by atoms with Crippen molar-refractivity contribution in [3.63, 3.8) is 0 Å². The van der Waals surface area contributed by atoms with Gasteiger partial charge in [0.2, 0.25) is 35.4 Å². The van der Waals surface area contributed by atoms with Crippen LogP contribution in [-0.2, 0) is 51.3 Å². The van der Waals surface area contributed by atoms with E-state index in [1.807, 2.05) is 0 Å². The lowest BCUT2D eigenvalue weighted by Gasteiger charge is -2.25. The van der Waals surface area contributed by atoms with Gasteiger partial charge in [0, 0.05) is 38.3 Å². The molecule has 4 aromatic rings. The highest BCUT2D eigenvalue weighted by molar-refractivity contribution is 5.95. The maximum absolute atomic E-state index is 14.0. The minimum atomic E-state index is -1.30. The normalized spacial score (nSPS) is 20.4. The summed E-state index contributed by atoms with van der Waals surface area (Å²) >= 11 is 0. The zero-order chi connectivity index (χ0) is 54.7. The highest BCUT2D eigenvalue weighted by Crippen LogP contribution is 2.33. The van der Waals surface area contributed by atoms with Crippen molar-refractivity contribution < 1.29 is 57.3 Å². The highest BCUT2D eigenvalue weighted by Gasteiger charge is 2.33. The lowest BCUT2D eigenvalue weighted by atomic mass is 10.0. The average Bonchev–Trinajstić information content (AvgIpc) is 4.03. The quantitative estimate of drug-likeness (QED) is 0.135. The van der Waals surface area contributed by atoms with Crippen LogP contribution in [-0.4, -0.2) is 141 Å². The van der Waals surface area contributed by atoms with E-state index in [-0.39, 0.29) is 37.3 Å². The molecule has 0 fully saturated rings. The average molecular weight is 1030 g/mol. The number of aryl methyl sites for hydroxylation is 2. The Bertz CT molecular complexity index is 2530. The molecule has 8 amide bonds. The van der Waals surface area contributed by atoms with Gasteiger partial charge >= 0.3 is 12.2 Å². The topological polar surface area (TPSA) is 331 Å². The number of carbonyl (C=O) groups excluding carboxylic acids is 8. The smallest absolute Gasteiger partial charge is 0.408 e. The van der Waals surface area contributed by atoms with E-state index in [0.29, 0.717) is 33.8 Å². The second-order valence-electron chi connectivity index (χ2n) is 19.2. The molecule has 74 heavy (non-hydrogen) atoms. The van der Waals surface area contributed by atoms with Gasteiger partial charge in [-0.25, -0.2) is 9.59 Å². The second kappa shape index (κ2) is 24.4. The number of carbonyl (C=O) groups is 8. The lowest BCUT2D eigenvalue weighted by Crippen LogP contribution is -2.54. The molecule has 5 rings (SSSR count). The van der Waals surface area contributed by atoms with Crippen molar-refractivity contribution in [3.8, 4) is 34.0 Å². The largest absolute Gasteiger partial charge is 0.496 e. The molecular weight excluding hydrogens is 965 g/mol. The van der Waals surface area contributed by atoms with E-state index in [9.17, 15) is 38.4 Å². The number of methoxy groups -OCH3 is 2. The minimum Gasteiger partial charge on any atom is -0.496 e. The molecule has 8 N–H and O–H groups in total. The first kappa shape index (κ1) is 56.6. The molecule has 26 heteroatoms. The molecule has 26 nitrogen and oxygen atoms in total. The van der Waals surface area contributed by atoms with Crippen molar-refractivity contribution in [3.05, 3.63) is 59.9 Å². The van der Waals surface area contributed by atoms with E-state index in [0.717, 1.165) is 0 Å². The summed E-state index contributed by atoms with van der Waals surface area (Å²) in [6.45, 7) is 12.7. The van der Waals surface area contributed by atoms with Crippen LogP contribution in [0.25, 0.3) is 22.5 Å². The van der Waals surface area contributed by atoms with Gasteiger partial charge in [0.1, 0.15) is 70.3 Å². The number of amides is 8. The Balaban J connectivity index is 1.57. The fourth-order valence-corrected chi connectivity index (χ4v) is 7.42. The predicted molar refractivity (Wildman–Crippen MR) is 265 cm³/mol. The summed E-state index contributed by atoms with van der Waals surface area (Å²) in [5.41, 5.74) is -0.0210. The van der Waals surface area contributed by atoms with Crippen molar-refractivity contribution in [1.29, 1.82) is 0 Å². The van der Waals surface area contributed by atoms with Crippen molar-refractivity contribution in [2.75, 3.05) is 28.3 Å². The van der Waals surface area contributed by atoms with Crippen LogP contribution in [0.3, 0.4) is 0 Å². The summed E-state index contributed by atoms with van der Waals surface area (Å²) in [7, 11) is 5.63. The van der Waals surface area contributed by atoms with Crippen LogP contribution in [0.4, 0.5) is 9.59 Å². The maximum Gasteiger partial charge on any atom is 0.408 e. The molecule has 400 valence electrons. The maximum atomic E-state index is 14.0. The van der Waals surface area contributed by atoms with E-state index in [1.54, 1.807) is 77.9 Å². The van der Waals surface area contributed by atoms with Gasteiger partial charge in [-0.05, 0) is 104 Å². The molecule has 1 aliphatic heterocycles. The van der Waals surface area contributed by atoms with Crippen molar-refractivity contribution in [1.82, 2.24) is 72.5 Å². The van der Waals surface area contributed by atoms with Crippen LogP contribution in [0.1, 0.15) is 91.4 Å². The number of rotatable bonds is 6. The first-order chi connectivity index (χ1) is 34.8. The van der Waals surface area contributed by atoms with E-state index in [2.05, 4.69) is 63.2 Å². The highest BCUT2D eigenvalue weighted by atomic mass is 16.6. The standard InChI is InChI=1S/C48H66N14O12/c1-25-39(63)55-37(43(67)49-9)27-13-15-35(71-11)29(21-27)33-24-62(60-57-33)20-18-32(54-46(70)74-48(6,7)8)42(66)52-26(2)40(64)56-38(44(68)50-10)28-14-16-36(72-12)30(22-28)34-23-61(59-58-34)19-17-31(41(65)51-25)53-45(69)73-47(3,4)5/h13-16,21-26,31-32,37-38H,17-20H2,1-12H3,(H,49,67)(H,50,68)(H,51,65)(H,52,66)(H,53,69)(H,54,70)(H,55,63)(H,56,64)/t25-,26-,31+,32+,37+,38+/m1/s1. The molecule has 8 bridgehead atoms. The number of alkyl carbamates (subject to hydrolysis) is 2. The molecule has 0 saturated heterocycles. The molecule has 0 spiro atoms. The van der Waals surface area contributed by atoms with Gasteiger partial charge in [0.05, 0.1) is 26.6 Å². The molecule has 0 unspecified atom stereocenters. The number of aromatic nitrogens is 6. The number of benzene rings is 2. The predicted octanol–water partition coefficient (Wildman–Crippen LogP) is 1.32. The molecule has 0 radical (unpaired) electrons. The van der Waals surface area contributed by atoms with Gasteiger partial charge < -0.3 is 61.5 Å². The van der Waals surface area contributed by atoms with E-state index < -0.39 is 95.1 Å². The molecule has 2 aromatic heterocycles. The summed E-state index contributed by atoms with van der Waals surface area (Å²) in [4.78, 5) is 109. The Morgan fingerprint density at radius 1 is 0.581 bits per heavy atom. The molecular formula is C48H66N14O12. The Kier molecular flexibility index (Phi) is 18.7. The minimum absolute atomic E-state index is 0.00946. The zero-order valence-corrected chi connectivity index (χ0v) is 43.5.